The number of anilines is 1. The number of halogens is 1. The molecule has 0 aliphatic carbocycles. The second-order valence-corrected chi connectivity index (χ2v) is 8.10. The van der Waals surface area contributed by atoms with Crippen molar-refractivity contribution in [3.05, 3.63) is 48.3 Å². The molecule has 2 aromatic rings. The number of hydrogen-bond donors (Lipinski definition) is 1. The van der Waals surface area contributed by atoms with Gasteiger partial charge in [-0.2, -0.15) is 0 Å². The van der Waals surface area contributed by atoms with Gasteiger partial charge >= 0.3 is 0 Å². The lowest BCUT2D eigenvalue weighted by molar-refractivity contribution is -0.116. The normalized spacial score (nSPS) is 11.3. The molecule has 152 valence electrons. The summed E-state index contributed by atoms with van der Waals surface area (Å²) < 4.78 is 49.7. The SMILES string of the molecule is CCOc1ccc(NC(=O)CCOc2ccc(F)cc2)cc1S(=O)(=O)N(C)C. The minimum Gasteiger partial charge on any atom is -0.493 e. The second-order valence-electron chi connectivity index (χ2n) is 5.98. The lowest BCUT2D eigenvalue weighted by Gasteiger charge is -2.16. The van der Waals surface area contributed by atoms with Crippen molar-refractivity contribution < 1.29 is 27.1 Å². The Bertz CT molecular complexity index is 914. The van der Waals surface area contributed by atoms with Crippen LogP contribution in [0, 0.1) is 5.82 Å². The van der Waals surface area contributed by atoms with Crippen LogP contribution < -0.4 is 14.8 Å². The fourth-order valence-electron chi connectivity index (χ4n) is 2.27. The molecule has 0 spiro atoms. The summed E-state index contributed by atoms with van der Waals surface area (Å²) >= 11 is 0. The van der Waals surface area contributed by atoms with Crippen LogP contribution in [-0.4, -0.2) is 45.9 Å². The van der Waals surface area contributed by atoms with Gasteiger partial charge in [0.15, 0.2) is 0 Å². The summed E-state index contributed by atoms with van der Waals surface area (Å²) in [5.41, 5.74) is 0.329. The summed E-state index contributed by atoms with van der Waals surface area (Å²) in [6.45, 7) is 2.16. The third kappa shape index (κ3) is 5.67. The van der Waals surface area contributed by atoms with Crippen LogP contribution in [0.1, 0.15) is 13.3 Å². The van der Waals surface area contributed by atoms with Gasteiger partial charge in [-0.05, 0) is 49.4 Å². The molecule has 0 atom stereocenters. The van der Waals surface area contributed by atoms with Crippen LogP contribution in [0.2, 0.25) is 0 Å². The highest BCUT2D eigenvalue weighted by atomic mass is 32.2. The van der Waals surface area contributed by atoms with Gasteiger partial charge < -0.3 is 14.8 Å². The van der Waals surface area contributed by atoms with Crippen LogP contribution in [0.5, 0.6) is 11.5 Å². The van der Waals surface area contributed by atoms with Crippen molar-refractivity contribution in [3.8, 4) is 11.5 Å². The van der Waals surface area contributed by atoms with E-state index in [1.54, 1.807) is 13.0 Å². The van der Waals surface area contributed by atoms with Crippen molar-refractivity contribution in [1.29, 1.82) is 0 Å². The third-order valence-electron chi connectivity index (χ3n) is 3.70. The molecule has 0 aromatic heterocycles. The molecule has 0 radical (unpaired) electrons. The molecule has 1 N–H and O–H groups in total. The lowest BCUT2D eigenvalue weighted by Crippen LogP contribution is -2.23. The van der Waals surface area contributed by atoms with E-state index in [0.29, 0.717) is 18.0 Å². The van der Waals surface area contributed by atoms with Crippen molar-refractivity contribution in [2.45, 2.75) is 18.2 Å². The average Bonchev–Trinajstić information content (AvgIpc) is 2.64. The van der Waals surface area contributed by atoms with Gasteiger partial charge in [0.1, 0.15) is 22.2 Å². The molecule has 0 fully saturated rings. The molecular formula is C19H23FN2O5S. The lowest BCUT2D eigenvalue weighted by atomic mass is 10.3. The third-order valence-corrected chi connectivity index (χ3v) is 5.53. The van der Waals surface area contributed by atoms with Crippen molar-refractivity contribution >= 4 is 21.6 Å². The van der Waals surface area contributed by atoms with Crippen LogP contribution in [0.4, 0.5) is 10.1 Å². The minimum absolute atomic E-state index is 0.0280. The molecule has 9 heteroatoms. The fraction of sp³-hybridized carbons (Fsp3) is 0.316. The average molecular weight is 410 g/mol. The Kier molecular flexibility index (Phi) is 7.36. The van der Waals surface area contributed by atoms with Gasteiger partial charge in [0.2, 0.25) is 15.9 Å². The molecular weight excluding hydrogens is 387 g/mol. The largest absolute Gasteiger partial charge is 0.493 e. The fourth-order valence-corrected chi connectivity index (χ4v) is 3.33. The van der Waals surface area contributed by atoms with Crippen LogP contribution in [0.15, 0.2) is 47.4 Å². The first-order valence-electron chi connectivity index (χ1n) is 8.61. The number of benzene rings is 2. The highest BCUT2D eigenvalue weighted by Crippen LogP contribution is 2.29. The number of rotatable bonds is 9. The molecule has 0 heterocycles. The molecule has 0 aliphatic rings. The minimum atomic E-state index is -3.74. The standard InChI is InChI=1S/C19H23FN2O5S/c1-4-26-17-10-7-15(13-18(17)28(24,25)22(2)3)21-19(23)11-12-27-16-8-5-14(20)6-9-16/h5-10,13H,4,11-12H2,1-3H3,(H,21,23). The Morgan fingerprint density at radius 3 is 2.39 bits per heavy atom. The molecule has 2 rings (SSSR count). The van der Waals surface area contributed by atoms with Crippen LogP contribution in [-0.2, 0) is 14.8 Å². The van der Waals surface area contributed by atoms with E-state index in [1.165, 1.54) is 50.5 Å². The van der Waals surface area contributed by atoms with Gasteiger partial charge in [-0.25, -0.2) is 17.1 Å². The topological polar surface area (TPSA) is 84.9 Å². The number of ether oxygens (including phenoxy) is 2. The Balaban J connectivity index is 2.04. The number of sulfonamides is 1. The first-order valence-corrected chi connectivity index (χ1v) is 10.1. The molecule has 0 saturated heterocycles. The maximum Gasteiger partial charge on any atom is 0.246 e. The first-order chi connectivity index (χ1) is 13.2. The molecule has 0 saturated carbocycles. The predicted octanol–water partition coefficient (Wildman–Crippen LogP) is 2.88. The molecule has 0 aliphatic heterocycles. The number of amides is 1. The second kappa shape index (κ2) is 9.52. The van der Waals surface area contributed by atoms with Crippen molar-refractivity contribution in [2.24, 2.45) is 0 Å². The summed E-state index contributed by atoms with van der Waals surface area (Å²) in [5, 5.41) is 2.64. The Morgan fingerprint density at radius 2 is 1.79 bits per heavy atom. The molecule has 2 aromatic carbocycles. The van der Waals surface area contributed by atoms with E-state index in [-0.39, 0.29) is 35.4 Å². The van der Waals surface area contributed by atoms with Gasteiger partial charge in [0.05, 0.1) is 19.6 Å². The zero-order valence-electron chi connectivity index (χ0n) is 15.9. The van der Waals surface area contributed by atoms with Crippen molar-refractivity contribution in [2.75, 3.05) is 32.6 Å². The number of carbonyl (C=O) groups excluding carboxylic acids is 1. The smallest absolute Gasteiger partial charge is 0.246 e. The predicted molar refractivity (Wildman–Crippen MR) is 104 cm³/mol. The first kappa shape index (κ1) is 21.6. The summed E-state index contributed by atoms with van der Waals surface area (Å²) in [5.74, 6) is -0.0491. The maximum absolute atomic E-state index is 12.8. The molecule has 0 unspecified atom stereocenters. The summed E-state index contributed by atoms with van der Waals surface area (Å²) in [6.07, 6.45) is 0.0420. The van der Waals surface area contributed by atoms with Crippen LogP contribution in [0.25, 0.3) is 0 Å². The van der Waals surface area contributed by atoms with Gasteiger partial charge in [-0.15, -0.1) is 0 Å². The molecule has 1 amide bonds. The van der Waals surface area contributed by atoms with Crippen LogP contribution >= 0.6 is 0 Å². The van der Waals surface area contributed by atoms with Gasteiger partial charge in [-0.1, -0.05) is 0 Å². The number of hydrogen-bond acceptors (Lipinski definition) is 5. The van der Waals surface area contributed by atoms with E-state index in [0.717, 1.165) is 4.31 Å². The van der Waals surface area contributed by atoms with Crippen molar-refractivity contribution in [3.63, 3.8) is 0 Å². The number of nitrogens with one attached hydrogen (secondary N) is 1. The number of carbonyl (C=O) groups is 1. The van der Waals surface area contributed by atoms with E-state index in [2.05, 4.69) is 5.32 Å². The Morgan fingerprint density at radius 1 is 1.11 bits per heavy atom. The molecule has 7 nitrogen and oxygen atoms in total. The summed E-state index contributed by atoms with van der Waals surface area (Å²) in [7, 11) is -0.903. The quantitative estimate of drug-likeness (QED) is 0.687. The Labute approximate surface area is 164 Å². The Hall–Kier alpha value is -2.65. The van der Waals surface area contributed by atoms with Crippen molar-refractivity contribution in [1.82, 2.24) is 4.31 Å². The highest BCUT2D eigenvalue weighted by molar-refractivity contribution is 7.89. The molecule has 0 bridgehead atoms. The monoisotopic (exact) mass is 410 g/mol. The number of nitrogens with zero attached hydrogens (tertiary/aromatic N) is 1. The van der Waals surface area contributed by atoms with E-state index in [9.17, 15) is 17.6 Å². The van der Waals surface area contributed by atoms with E-state index in [4.69, 9.17) is 9.47 Å². The van der Waals surface area contributed by atoms with Crippen LogP contribution in [0.3, 0.4) is 0 Å². The van der Waals surface area contributed by atoms with E-state index < -0.39 is 10.0 Å². The van der Waals surface area contributed by atoms with E-state index in [1.807, 2.05) is 0 Å². The van der Waals surface area contributed by atoms with Gasteiger partial charge in [-0.3, -0.25) is 4.79 Å². The highest BCUT2D eigenvalue weighted by Gasteiger charge is 2.23. The zero-order valence-corrected chi connectivity index (χ0v) is 16.8. The summed E-state index contributed by atoms with van der Waals surface area (Å²) in [4.78, 5) is 12.1. The van der Waals surface area contributed by atoms with E-state index >= 15 is 0 Å². The zero-order chi connectivity index (χ0) is 20.7. The van der Waals surface area contributed by atoms with Gasteiger partial charge in [0, 0.05) is 19.8 Å². The van der Waals surface area contributed by atoms with Gasteiger partial charge in [0.25, 0.3) is 0 Å². The summed E-state index contributed by atoms with van der Waals surface area (Å²) in [6, 6.07) is 9.90. The molecule has 28 heavy (non-hydrogen) atoms. The maximum atomic E-state index is 12.8.